The van der Waals surface area contributed by atoms with Crippen LogP contribution in [0.5, 0.6) is 5.75 Å². The third kappa shape index (κ3) is 5.73. The molecule has 0 aliphatic carbocycles. The summed E-state index contributed by atoms with van der Waals surface area (Å²) in [5.74, 6) is -5.56. The number of hydrogen-bond acceptors (Lipinski definition) is 5. The summed E-state index contributed by atoms with van der Waals surface area (Å²) < 4.78 is 65.9. The normalized spacial score (nSPS) is 8.47. The van der Waals surface area contributed by atoms with Crippen molar-refractivity contribution in [1.82, 2.24) is 0 Å². The first-order valence-electron chi connectivity index (χ1n) is 3.69. The van der Waals surface area contributed by atoms with Gasteiger partial charge in [-0.1, -0.05) is 0 Å². The van der Waals surface area contributed by atoms with Crippen molar-refractivity contribution in [2.75, 3.05) is 0 Å². The van der Waals surface area contributed by atoms with Gasteiger partial charge in [0.1, 0.15) is 7.32 Å². The standard InChI is InChI=1S/C6BF5O3.2Li.H4N2/c8-1-2(9)4(11)6(15-7(13)14)5(12)3(1)10;;;1-2/h;;;1-2H2/q-2;2*+1;. The number of hydrogen-bond donors (Lipinski definition) is 2. The number of halogens is 5. The van der Waals surface area contributed by atoms with Gasteiger partial charge < -0.3 is 14.7 Å². The molecule has 13 heteroatoms. The maximum atomic E-state index is 12.6. The van der Waals surface area contributed by atoms with Crippen LogP contribution in [0.1, 0.15) is 0 Å². The first kappa shape index (κ1) is 23.8. The fraction of sp³-hybridized carbons (Fsp3) is 0. The van der Waals surface area contributed by atoms with Crippen molar-refractivity contribution in [2.24, 2.45) is 11.7 Å². The first-order chi connectivity index (χ1) is 7.86. The summed E-state index contributed by atoms with van der Waals surface area (Å²) in [6.45, 7) is 0. The molecule has 0 radical (unpaired) electrons. The van der Waals surface area contributed by atoms with E-state index in [0.29, 0.717) is 0 Å². The molecule has 0 aliphatic heterocycles. The Bertz CT molecular complexity index is 386. The molecule has 96 valence electrons. The molecule has 1 aromatic carbocycles. The van der Waals surface area contributed by atoms with E-state index in [2.05, 4.69) is 16.3 Å². The summed E-state index contributed by atoms with van der Waals surface area (Å²) in [5, 5.41) is 19.7. The van der Waals surface area contributed by atoms with Crippen molar-refractivity contribution in [3.63, 3.8) is 0 Å². The topological polar surface area (TPSA) is 107 Å². The minimum Gasteiger partial charge on any atom is -0.860 e. The molecule has 0 atom stereocenters. The van der Waals surface area contributed by atoms with E-state index in [1.165, 1.54) is 0 Å². The number of rotatable bonds is 2. The molecule has 0 aromatic heterocycles. The van der Waals surface area contributed by atoms with Crippen molar-refractivity contribution < 1.29 is 74.4 Å². The Morgan fingerprint density at radius 1 is 0.737 bits per heavy atom. The average molecular weight is 272 g/mol. The van der Waals surface area contributed by atoms with Gasteiger partial charge in [-0.3, -0.25) is 11.7 Å². The van der Waals surface area contributed by atoms with Crippen LogP contribution in [0.15, 0.2) is 0 Å². The molecule has 0 saturated heterocycles. The third-order valence-corrected chi connectivity index (χ3v) is 1.38. The Hall–Kier alpha value is -0.230. The molecule has 0 aliphatic rings. The largest absolute Gasteiger partial charge is 1.00 e. The first-order valence-corrected chi connectivity index (χ1v) is 3.69. The Morgan fingerprint density at radius 3 is 1.26 bits per heavy atom. The fourth-order valence-electron chi connectivity index (χ4n) is 0.784. The van der Waals surface area contributed by atoms with Gasteiger partial charge in [-0.25, -0.2) is 13.2 Å². The number of nitrogens with two attached hydrogens (primary N) is 2. The zero-order valence-electron chi connectivity index (χ0n) is 9.85. The predicted molar refractivity (Wildman–Crippen MR) is 41.0 cm³/mol. The summed E-state index contributed by atoms with van der Waals surface area (Å²) in [7, 11) is -3.20. The molecular weight excluding hydrogens is 268 g/mol. The zero-order valence-corrected chi connectivity index (χ0v) is 9.85. The zero-order chi connectivity index (χ0) is 13.7. The Labute approximate surface area is 128 Å². The van der Waals surface area contributed by atoms with E-state index in [1.807, 2.05) is 0 Å². The molecule has 0 fully saturated rings. The van der Waals surface area contributed by atoms with Crippen LogP contribution in [0.4, 0.5) is 22.0 Å². The van der Waals surface area contributed by atoms with E-state index in [4.69, 9.17) is 0 Å². The molecule has 0 amide bonds. The van der Waals surface area contributed by atoms with E-state index in [-0.39, 0.29) is 37.7 Å². The molecule has 0 spiro atoms. The van der Waals surface area contributed by atoms with Crippen LogP contribution in [0.25, 0.3) is 0 Å². The van der Waals surface area contributed by atoms with Gasteiger partial charge in [0.25, 0.3) is 0 Å². The van der Waals surface area contributed by atoms with Crippen LogP contribution in [0.3, 0.4) is 0 Å². The molecule has 0 heterocycles. The second kappa shape index (κ2) is 10.5. The van der Waals surface area contributed by atoms with Crippen LogP contribution >= 0.6 is 0 Å². The predicted octanol–water partition coefficient (Wildman–Crippen LogP) is -7.71. The number of benzene rings is 1. The van der Waals surface area contributed by atoms with Gasteiger partial charge in [0, 0.05) is 0 Å². The van der Waals surface area contributed by atoms with Gasteiger partial charge in [-0.05, 0) is 0 Å². The molecular formula is C6H4BF5Li2N2O3. The van der Waals surface area contributed by atoms with Crippen LogP contribution in [0.2, 0.25) is 0 Å². The van der Waals surface area contributed by atoms with E-state index in [9.17, 15) is 32.0 Å². The monoisotopic (exact) mass is 272 g/mol. The van der Waals surface area contributed by atoms with Gasteiger partial charge in [0.05, 0.1) is 0 Å². The molecule has 0 saturated carbocycles. The second-order valence-corrected chi connectivity index (χ2v) is 2.31. The maximum absolute atomic E-state index is 12.6. The minimum absolute atomic E-state index is 0. The van der Waals surface area contributed by atoms with Crippen molar-refractivity contribution in [3.05, 3.63) is 29.1 Å². The van der Waals surface area contributed by atoms with Crippen LogP contribution < -0.4 is 64.1 Å². The maximum Gasteiger partial charge on any atom is 1.00 e. The van der Waals surface area contributed by atoms with Crippen LogP contribution in [-0.4, -0.2) is 7.32 Å². The SMILES string of the molecule is NN.[Li+].[Li+].[O-]B([O-])Oc1c(F)c(F)c(F)c(F)c1F. The van der Waals surface area contributed by atoms with E-state index >= 15 is 0 Å². The smallest absolute Gasteiger partial charge is 0.860 e. The molecule has 1 rings (SSSR count). The van der Waals surface area contributed by atoms with E-state index in [0.717, 1.165) is 0 Å². The van der Waals surface area contributed by atoms with Crippen molar-refractivity contribution in [3.8, 4) is 5.75 Å². The van der Waals surface area contributed by atoms with Gasteiger partial charge in [-0.15, -0.1) is 0 Å². The minimum atomic E-state index is -3.20. The molecule has 19 heavy (non-hydrogen) atoms. The number of hydrazine groups is 1. The molecule has 0 bridgehead atoms. The third-order valence-electron chi connectivity index (χ3n) is 1.38. The molecule has 0 unspecified atom stereocenters. The fourth-order valence-corrected chi connectivity index (χ4v) is 0.784. The van der Waals surface area contributed by atoms with Gasteiger partial charge in [0.15, 0.2) is 5.75 Å². The van der Waals surface area contributed by atoms with Crippen molar-refractivity contribution in [2.45, 2.75) is 0 Å². The van der Waals surface area contributed by atoms with Crippen LogP contribution in [0, 0.1) is 29.1 Å². The van der Waals surface area contributed by atoms with Gasteiger partial charge in [-0.2, -0.15) is 8.78 Å². The van der Waals surface area contributed by atoms with Gasteiger partial charge >= 0.3 is 37.7 Å². The van der Waals surface area contributed by atoms with E-state index < -0.39 is 42.2 Å². The summed E-state index contributed by atoms with van der Waals surface area (Å²) in [4.78, 5) is 0. The van der Waals surface area contributed by atoms with Crippen LogP contribution in [-0.2, 0) is 0 Å². The molecule has 1 aromatic rings. The molecule has 4 N–H and O–H groups in total. The summed E-state index contributed by atoms with van der Waals surface area (Å²) in [6, 6.07) is 0. The molecule has 5 nitrogen and oxygen atoms in total. The summed E-state index contributed by atoms with van der Waals surface area (Å²) in [5.41, 5.74) is 0. The summed E-state index contributed by atoms with van der Waals surface area (Å²) in [6.07, 6.45) is 0. The average Bonchev–Trinajstić information content (AvgIpc) is 2.32. The Kier molecular flexibility index (Phi) is 13.2. The quantitative estimate of drug-likeness (QED) is 0.139. The Balaban J connectivity index is -0.000000609. The summed E-state index contributed by atoms with van der Waals surface area (Å²) >= 11 is 0. The van der Waals surface area contributed by atoms with Gasteiger partial charge in [0.2, 0.25) is 29.1 Å². The second-order valence-electron chi connectivity index (χ2n) is 2.31. The van der Waals surface area contributed by atoms with Crippen molar-refractivity contribution in [1.29, 1.82) is 0 Å². The van der Waals surface area contributed by atoms with Crippen molar-refractivity contribution >= 4 is 7.32 Å². The Morgan fingerprint density at radius 2 is 1.00 bits per heavy atom. The van der Waals surface area contributed by atoms with E-state index in [1.54, 1.807) is 0 Å².